The summed E-state index contributed by atoms with van der Waals surface area (Å²) >= 11 is 0. The highest BCUT2D eigenvalue weighted by molar-refractivity contribution is 7.90. The number of hydrogen-bond donors (Lipinski definition) is 2. The van der Waals surface area contributed by atoms with Crippen LogP contribution in [0.15, 0.2) is 93.9 Å². The first-order valence-electron chi connectivity index (χ1n) is 10.4. The largest absolute Gasteiger partial charge is 0.508 e. The lowest BCUT2D eigenvalue weighted by Crippen LogP contribution is -2.22. The second-order valence-electron chi connectivity index (χ2n) is 8.83. The lowest BCUT2D eigenvalue weighted by Gasteiger charge is -2.19. The molecule has 1 aliphatic rings. The van der Waals surface area contributed by atoms with Crippen molar-refractivity contribution in [1.82, 2.24) is 0 Å². The monoisotopic (exact) mass is 460 g/mol. The molecule has 0 spiro atoms. The minimum atomic E-state index is -4.01. The van der Waals surface area contributed by atoms with Crippen LogP contribution in [0.1, 0.15) is 42.3 Å². The number of phenols is 1. The topological polar surface area (TPSA) is 95.8 Å². The maximum absolute atomic E-state index is 13.1. The lowest BCUT2D eigenvalue weighted by atomic mass is 9.87. The number of fused-ring (bicyclic) bond motifs is 1. The van der Waals surface area contributed by atoms with E-state index in [0.717, 1.165) is 5.56 Å². The van der Waals surface area contributed by atoms with Gasteiger partial charge in [-0.3, -0.25) is 4.79 Å². The minimum absolute atomic E-state index is 0.0822. The van der Waals surface area contributed by atoms with Crippen molar-refractivity contribution in [1.29, 1.82) is 0 Å². The third-order valence-corrected chi connectivity index (χ3v) is 6.66. The van der Waals surface area contributed by atoms with Crippen molar-refractivity contribution < 1.29 is 18.3 Å². The molecule has 0 saturated heterocycles. The number of Topliss-reactive ketones (excluding diaryl/α,β-unsaturated/α-hetero) is 1. The second-order valence-corrected chi connectivity index (χ2v) is 10.4. The third kappa shape index (κ3) is 4.73. The van der Waals surface area contributed by atoms with Crippen molar-refractivity contribution >= 4 is 27.2 Å². The van der Waals surface area contributed by atoms with E-state index < -0.39 is 10.0 Å². The zero-order valence-electron chi connectivity index (χ0n) is 18.5. The fourth-order valence-electron chi connectivity index (χ4n) is 3.51. The fraction of sp³-hybridized carbons (Fsp3) is 0.154. The number of allylic oxidation sites excluding steroid dienone is 2. The lowest BCUT2D eigenvalue weighted by molar-refractivity contribution is 0.103. The van der Waals surface area contributed by atoms with Crippen molar-refractivity contribution in [2.75, 3.05) is 5.32 Å². The summed E-state index contributed by atoms with van der Waals surface area (Å²) in [4.78, 5) is 13.1. The number of carbonyl (C=O) groups excluding carboxylic acids is 1. The molecule has 0 unspecified atom stereocenters. The van der Waals surface area contributed by atoms with E-state index in [1.54, 1.807) is 60.7 Å². The number of rotatable bonds is 4. The SMILES string of the molecule is CC(C)(C)c1ccc(S(=O)(=O)/N=C2\C=C(Nc3ccc(O)cc3)C(=O)c3ccccc32)cc1. The summed E-state index contributed by atoms with van der Waals surface area (Å²) in [5, 5.41) is 12.5. The minimum Gasteiger partial charge on any atom is -0.508 e. The number of benzene rings is 3. The summed E-state index contributed by atoms with van der Waals surface area (Å²) in [6, 6.07) is 19.7. The molecule has 2 N–H and O–H groups in total. The van der Waals surface area contributed by atoms with Crippen LogP contribution in [0.2, 0.25) is 0 Å². The van der Waals surface area contributed by atoms with Crippen LogP contribution in [-0.2, 0) is 15.4 Å². The van der Waals surface area contributed by atoms with Crippen molar-refractivity contribution in [3.8, 4) is 5.75 Å². The maximum Gasteiger partial charge on any atom is 0.282 e. The Hall–Kier alpha value is -3.71. The number of sulfonamides is 1. The Morgan fingerprint density at radius 1 is 0.848 bits per heavy atom. The highest BCUT2D eigenvalue weighted by atomic mass is 32.2. The molecule has 3 aromatic carbocycles. The zero-order valence-corrected chi connectivity index (χ0v) is 19.3. The first-order valence-corrected chi connectivity index (χ1v) is 11.9. The van der Waals surface area contributed by atoms with Crippen LogP contribution >= 0.6 is 0 Å². The molecule has 0 amide bonds. The van der Waals surface area contributed by atoms with Gasteiger partial charge in [-0.15, -0.1) is 0 Å². The number of nitrogens with one attached hydrogen (secondary N) is 1. The first-order chi connectivity index (χ1) is 15.5. The van der Waals surface area contributed by atoms with E-state index in [4.69, 9.17) is 0 Å². The van der Waals surface area contributed by atoms with Gasteiger partial charge in [-0.05, 0) is 53.5 Å². The molecule has 6 nitrogen and oxygen atoms in total. The van der Waals surface area contributed by atoms with Crippen LogP contribution in [0.4, 0.5) is 5.69 Å². The molecule has 0 atom stereocenters. The van der Waals surface area contributed by atoms with Gasteiger partial charge in [-0.1, -0.05) is 57.2 Å². The van der Waals surface area contributed by atoms with E-state index in [1.165, 1.54) is 18.2 Å². The number of carbonyl (C=O) groups is 1. The predicted molar refractivity (Wildman–Crippen MR) is 129 cm³/mol. The van der Waals surface area contributed by atoms with Gasteiger partial charge < -0.3 is 10.4 Å². The molecule has 168 valence electrons. The van der Waals surface area contributed by atoms with Crippen molar-refractivity contribution in [3.05, 3.63) is 101 Å². The Morgan fingerprint density at radius 2 is 1.45 bits per heavy atom. The molecular weight excluding hydrogens is 436 g/mol. The molecule has 4 rings (SSSR count). The van der Waals surface area contributed by atoms with Gasteiger partial charge in [0.1, 0.15) is 5.75 Å². The number of aromatic hydroxyl groups is 1. The van der Waals surface area contributed by atoms with E-state index in [0.29, 0.717) is 16.8 Å². The molecule has 7 heteroatoms. The number of hydrogen-bond acceptors (Lipinski definition) is 5. The number of ketones is 1. The van der Waals surface area contributed by atoms with Crippen LogP contribution in [0.25, 0.3) is 0 Å². The number of phenolic OH excluding ortho intramolecular Hbond substituents is 1. The van der Waals surface area contributed by atoms with Crippen molar-refractivity contribution in [2.45, 2.75) is 31.1 Å². The smallest absolute Gasteiger partial charge is 0.282 e. The highest BCUT2D eigenvalue weighted by Crippen LogP contribution is 2.27. The third-order valence-electron chi connectivity index (χ3n) is 5.36. The normalized spacial score (nSPS) is 15.2. The van der Waals surface area contributed by atoms with Gasteiger partial charge in [0.2, 0.25) is 5.78 Å². The molecule has 0 aromatic heterocycles. The van der Waals surface area contributed by atoms with Crippen LogP contribution in [0.5, 0.6) is 5.75 Å². The molecule has 0 fully saturated rings. The summed E-state index contributed by atoms with van der Waals surface area (Å²) in [6.45, 7) is 6.17. The molecule has 0 aliphatic heterocycles. The van der Waals surface area contributed by atoms with Crippen LogP contribution in [0.3, 0.4) is 0 Å². The summed E-state index contributed by atoms with van der Waals surface area (Å²) in [5.41, 5.74) is 2.67. The van der Waals surface area contributed by atoms with E-state index in [2.05, 4.69) is 30.5 Å². The summed E-state index contributed by atoms with van der Waals surface area (Å²) in [6.07, 6.45) is 1.44. The van der Waals surface area contributed by atoms with Gasteiger partial charge in [-0.2, -0.15) is 12.8 Å². The van der Waals surface area contributed by atoms with Crippen LogP contribution in [0, 0.1) is 0 Å². The Balaban J connectivity index is 1.76. The summed E-state index contributed by atoms with van der Waals surface area (Å²) < 4.78 is 30.3. The molecule has 33 heavy (non-hydrogen) atoms. The zero-order chi connectivity index (χ0) is 23.8. The molecule has 0 bridgehead atoms. The van der Waals surface area contributed by atoms with Crippen LogP contribution < -0.4 is 5.32 Å². The molecule has 0 saturated carbocycles. The fourth-order valence-corrected chi connectivity index (χ4v) is 4.50. The van der Waals surface area contributed by atoms with Crippen LogP contribution in [-0.4, -0.2) is 25.0 Å². The van der Waals surface area contributed by atoms with E-state index in [1.807, 2.05) is 0 Å². The highest BCUT2D eigenvalue weighted by Gasteiger charge is 2.26. The van der Waals surface area contributed by atoms with Gasteiger partial charge in [0, 0.05) is 16.8 Å². The Morgan fingerprint density at radius 3 is 2.06 bits per heavy atom. The van der Waals surface area contributed by atoms with Gasteiger partial charge in [-0.25, -0.2) is 0 Å². The van der Waals surface area contributed by atoms with E-state index >= 15 is 0 Å². The number of nitrogens with zero attached hydrogens (tertiary/aromatic N) is 1. The second kappa shape index (κ2) is 8.33. The van der Waals surface area contributed by atoms with Gasteiger partial charge in [0.05, 0.1) is 16.3 Å². The van der Waals surface area contributed by atoms with E-state index in [9.17, 15) is 18.3 Å². The Kier molecular flexibility index (Phi) is 5.68. The molecule has 0 radical (unpaired) electrons. The predicted octanol–water partition coefficient (Wildman–Crippen LogP) is 5.06. The molecule has 3 aromatic rings. The van der Waals surface area contributed by atoms with E-state index in [-0.39, 0.29) is 33.3 Å². The quantitative estimate of drug-likeness (QED) is 0.531. The summed E-state index contributed by atoms with van der Waals surface area (Å²) in [5.74, 6) is -0.176. The van der Waals surface area contributed by atoms with Crippen molar-refractivity contribution in [3.63, 3.8) is 0 Å². The summed E-state index contributed by atoms with van der Waals surface area (Å²) in [7, 11) is -4.01. The average Bonchev–Trinajstić information content (AvgIpc) is 2.78. The molecule has 1 aliphatic carbocycles. The van der Waals surface area contributed by atoms with Crippen molar-refractivity contribution in [2.24, 2.45) is 4.40 Å². The molecule has 0 heterocycles. The molecular formula is C26H24N2O4S. The average molecular weight is 461 g/mol. The number of anilines is 1. The van der Waals surface area contributed by atoms with Gasteiger partial charge >= 0.3 is 0 Å². The standard InChI is InChI=1S/C26H24N2O4S/c1-26(2,3)17-8-14-20(15-9-17)33(31,32)28-23-16-24(27-18-10-12-19(29)13-11-18)25(30)22-7-5-4-6-21(22)23/h4-16,27,29H,1-3H3/b28-23+. The maximum atomic E-state index is 13.1. The Bertz CT molecular complexity index is 1380. The van der Waals surface area contributed by atoms with Gasteiger partial charge in [0.15, 0.2) is 0 Å². The Labute approximate surface area is 193 Å². The first kappa shape index (κ1) is 22.5. The van der Waals surface area contributed by atoms with Gasteiger partial charge in [0.25, 0.3) is 10.0 Å².